The van der Waals surface area contributed by atoms with E-state index in [0.29, 0.717) is 5.57 Å². The Morgan fingerprint density at radius 3 is 2.74 bits per heavy atom. The summed E-state index contributed by atoms with van der Waals surface area (Å²) in [4.78, 5) is 16.5. The van der Waals surface area contributed by atoms with Crippen molar-refractivity contribution in [3.8, 4) is 0 Å². The lowest BCUT2D eigenvalue weighted by Crippen LogP contribution is -2.30. The van der Waals surface area contributed by atoms with Gasteiger partial charge in [-0.3, -0.25) is 9.63 Å². The summed E-state index contributed by atoms with van der Waals surface area (Å²) in [5.41, 5.74) is 0.403. The molecule has 0 spiro atoms. The van der Waals surface area contributed by atoms with E-state index in [9.17, 15) is 13.6 Å². The normalized spacial score (nSPS) is 16.2. The Bertz CT molecular complexity index is 474. The minimum Gasteiger partial charge on any atom is -0.512 e. The maximum atomic E-state index is 13.2. The molecule has 0 heterocycles. The van der Waals surface area contributed by atoms with Gasteiger partial charge in [-0.25, -0.2) is 13.8 Å². The van der Waals surface area contributed by atoms with Crippen LogP contribution in [0.2, 0.25) is 0 Å². The van der Waals surface area contributed by atoms with Crippen LogP contribution < -0.4 is 0 Å². The van der Waals surface area contributed by atoms with Crippen molar-refractivity contribution in [2.24, 2.45) is 0 Å². The molecule has 4 nitrogen and oxygen atoms in total. The van der Waals surface area contributed by atoms with Gasteiger partial charge in [0.15, 0.2) is 11.7 Å². The molecule has 1 aliphatic rings. The highest BCUT2D eigenvalue weighted by Gasteiger charge is 2.15. The number of aliphatic hydroxyl groups excluding tert-OH is 1. The molecule has 0 aromatic carbocycles. The van der Waals surface area contributed by atoms with Crippen LogP contribution >= 0.6 is 0 Å². The van der Waals surface area contributed by atoms with Gasteiger partial charge in [0.25, 0.3) is 5.91 Å². The number of aliphatic hydroxyl groups is 1. The molecular weight excluding hydrogens is 256 g/mol. The number of hydrogen-bond acceptors (Lipinski definition) is 3. The maximum absolute atomic E-state index is 13.2. The van der Waals surface area contributed by atoms with Crippen molar-refractivity contribution in [2.75, 3.05) is 13.7 Å². The van der Waals surface area contributed by atoms with Crippen LogP contribution in [0.3, 0.4) is 0 Å². The van der Waals surface area contributed by atoms with Crippen LogP contribution in [-0.2, 0) is 9.63 Å². The highest BCUT2D eigenvalue weighted by molar-refractivity contribution is 5.87. The third kappa shape index (κ3) is 4.67. The Hall–Kier alpha value is -1.95. The Morgan fingerprint density at radius 1 is 1.47 bits per heavy atom. The summed E-state index contributed by atoms with van der Waals surface area (Å²) in [6.45, 7) is 1.29. The fourth-order valence-corrected chi connectivity index (χ4v) is 1.46. The van der Waals surface area contributed by atoms with E-state index in [1.807, 2.05) is 0 Å². The Balaban J connectivity index is 2.80. The molecule has 1 rings (SSSR count). The second-order valence-electron chi connectivity index (χ2n) is 3.90. The third-order valence-electron chi connectivity index (χ3n) is 2.34. The summed E-state index contributed by atoms with van der Waals surface area (Å²) in [5, 5.41) is 9.94. The summed E-state index contributed by atoms with van der Waals surface area (Å²) in [6.07, 6.45) is 4.90. The average Bonchev–Trinajstić information content (AvgIpc) is 2.48. The maximum Gasteiger partial charge on any atom is 0.273 e. The van der Waals surface area contributed by atoms with Gasteiger partial charge in [0, 0.05) is 6.08 Å². The molecule has 104 valence electrons. The van der Waals surface area contributed by atoms with E-state index >= 15 is 0 Å². The van der Waals surface area contributed by atoms with Crippen molar-refractivity contribution in [1.82, 2.24) is 5.06 Å². The predicted octanol–water partition coefficient (Wildman–Crippen LogP) is 2.88. The van der Waals surface area contributed by atoms with E-state index in [4.69, 9.17) is 9.94 Å². The SMILES string of the molecule is CON(CC1=CCC=C(F)C(F)=C1)C(=O)/C=C(/C)O. The summed E-state index contributed by atoms with van der Waals surface area (Å²) in [7, 11) is 1.27. The molecule has 0 fully saturated rings. The molecule has 0 aromatic heterocycles. The number of allylic oxidation sites excluding steroid dienone is 5. The smallest absolute Gasteiger partial charge is 0.273 e. The van der Waals surface area contributed by atoms with E-state index in [1.54, 1.807) is 6.08 Å². The molecule has 0 radical (unpaired) electrons. The van der Waals surface area contributed by atoms with Crippen LogP contribution in [0.25, 0.3) is 0 Å². The molecule has 0 aromatic rings. The summed E-state index contributed by atoms with van der Waals surface area (Å²) >= 11 is 0. The summed E-state index contributed by atoms with van der Waals surface area (Å²) in [6, 6.07) is 0. The van der Waals surface area contributed by atoms with Crippen molar-refractivity contribution < 1.29 is 23.5 Å². The third-order valence-corrected chi connectivity index (χ3v) is 2.34. The largest absolute Gasteiger partial charge is 0.512 e. The van der Waals surface area contributed by atoms with E-state index < -0.39 is 17.6 Å². The predicted molar refractivity (Wildman–Crippen MR) is 66.2 cm³/mol. The van der Waals surface area contributed by atoms with E-state index in [0.717, 1.165) is 23.3 Å². The molecule has 0 aliphatic heterocycles. The van der Waals surface area contributed by atoms with Crippen LogP contribution in [0.5, 0.6) is 0 Å². The van der Waals surface area contributed by atoms with Gasteiger partial charge in [-0.15, -0.1) is 0 Å². The lowest BCUT2D eigenvalue weighted by atomic mass is 10.2. The second-order valence-corrected chi connectivity index (χ2v) is 3.90. The minimum absolute atomic E-state index is 0.0480. The summed E-state index contributed by atoms with van der Waals surface area (Å²) < 4.78 is 26.2. The molecular formula is C13H15F2NO3. The molecule has 0 unspecified atom stereocenters. The zero-order chi connectivity index (χ0) is 14.4. The van der Waals surface area contributed by atoms with Crippen LogP contribution in [0, 0.1) is 0 Å². The first kappa shape index (κ1) is 15.1. The monoisotopic (exact) mass is 271 g/mol. The summed E-state index contributed by atoms with van der Waals surface area (Å²) in [5.74, 6) is -2.67. The Labute approximate surface area is 109 Å². The average molecular weight is 271 g/mol. The second kappa shape index (κ2) is 6.84. The van der Waals surface area contributed by atoms with E-state index in [2.05, 4.69) is 0 Å². The number of hydrogen-bond donors (Lipinski definition) is 1. The fourth-order valence-electron chi connectivity index (χ4n) is 1.46. The molecule has 0 atom stereocenters. The molecule has 0 saturated heterocycles. The molecule has 1 amide bonds. The number of rotatable bonds is 4. The van der Waals surface area contributed by atoms with Gasteiger partial charge >= 0.3 is 0 Å². The number of hydroxylamine groups is 2. The number of amides is 1. The van der Waals surface area contributed by atoms with Crippen molar-refractivity contribution in [2.45, 2.75) is 13.3 Å². The van der Waals surface area contributed by atoms with Crippen molar-refractivity contribution in [3.63, 3.8) is 0 Å². The number of halogens is 2. The van der Waals surface area contributed by atoms with E-state index in [1.165, 1.54) is 14.0 Å². The lowest BCUT2D eigenvalue weighted by Gasteiger charge is -2.18. The standard InChI is InChI=1S/C13H15F2NO3/c1-9(17)6-13(18)16(19-2)8-10-4-3-5-11(14)12(15)7-10/h4-7,17H,3,8H2,1-2H3/b9-6-. The quantitative estimate of drug-likeness (QED) is 0.486. The van der Waals surface area contributed by atoms with E-state index in [-0.39, 0.29) is 18.7 Å². The highest BCUT2D eigenvalue weighted by atomic mass is 19.2. The lowest BCUT2D eigenvalue weighted by molar-refractivity contribution is -0.167. The number of nitrogens with zero attached hydrogens (tertiary/aromatic N) is 1. The minimum atomic E-state index is -0.985. The van der Waals surface area contributed by atoms with Gasteiger partial charge in [-0.1, -0.05) is 6.08 Å². The van der Waals surface area contributed by atoms with Crippen molar-refractivity contribution in [3.05, 3.63) is 47.3 Å². The zero-order valence-corrected chi connectivity index (χ0v) is 10.7. The van der Waals surface area contributed by atoms with Crippen LogP contribution in [0.4, 0.5) is 8.78 Å². The first-order chi connectivity index (χ1) is 8.93. The number of carbonyl (C=O) groups excluding carboxylic acids is 1. The molecule has 0 saturated carbocycles. The molecule has 6 heteroatoms. The van der Waals surface area contributed by atoms with Crippen LogP contribution in [0.1, 0.15) is 13.3 Å². The fraction of sp³-hybridized carbons (Fsp3) is 0.308. The Kier molecular flexibility index (Phi) is 5.44. The van der Waals surface area contributed by atoms with Crippen LogP contribution in [-0.4, -0.2) is 29.7 Å². The van der Waals surface area contributed by atoms with Gasteiger partial charge in [0.2, 0.25) is 0 Å². The van der Waals surface area contributed by atoms with Crippen molar-refractivity contribution >= 4 is 5.91 Å². The van der Waals surface area contributed by atoms with Crippen LogP contribution in [0.15, 0.2) is 47.3 Å². The first-order valence-electron chi connectivity index (χ1n) is 5.59. The van der Waals surface area contributed by atoms with Gasteiger partial charge in [0.05, 0.1) is 19.4 Å². The van der Waals surface area contributed by atoms with Gasteiger partial charge in [-0.05, 0) is 31.1 Å². The van der Waals surface area contributed by atoms with Gasteiger partial charge in [0.1, 0.15) is 0 Å². The molecule has 0 bridgehead atoms. The molecule has 19 heavy (non-hydrogen) atoms. The highest BCUT2D eigenvalue weighted by Crippen LogP contribution is 2.21. The molecule has 1 N–H and O–H groups in total. The van der Waals surface area contributed by atoms with Gasteiger partial charge in [-0.2, -0.15) is 0 Å². The first-order valence-corrected chi connectivity index (χ1v) is 5.59. The zero-order valence-electron chi connectivity index (χ0n) is 10.7. The molecule has 1 aliphatic carbocycles. The number of carbonyl (C=O) groups is 1. The Morgan fingerprint density at radius 2 is 2.16 bits per heavy atom. The topological polar surface area (TPSA) is 49.8 Å². The van der Waals surface area contributed by atoms with Crippen molar-refractivity contribution in [1.29, 1.82) is 0 Å². The van der Waals surface area contributed by atoms with Gasteiger partial charge < -0.3 is 5.11 Å².